The number of thioether (sulfide) groups is 1. The second kappa shape index (κ2) is 5.85. The molecule has 0 atom stereocenters. The standard InChI is InChI=1S/C13H13ClN4OS/c14-9-3-5-10(6-4-9)15-12(19)8-20-13-17-16-11-2-1-7-18(11)13/h3-6H,1-2,7-8H2,(H,15,19). The van der Waals surface area contributed by atoms with Gasteiger partial charge in [0.2, 0.25) is 5.91 Å². The van der Waals surface area contributed by atoms with Crippen LogP contribution in [0.15, 0.2) is 29.4 Å². The molecule has 1 aromatic carbocycles. The third kappa shape index (κ3) is 2.96. The van der Waals surface area contributed by atoms with Gasteiger partial charge in [0.1, 0.15) is 5.82 Å². The van der Waals surface area contributed by atoms with Crippen LogP contribution in [-0.4, -0.2) is 26.4 Å². The summed E-state index contributed by atoms with van der Waals surface area (Å²) in [5, 5.41) is 12.5. The lowest BCUT2D eigenvalue weighted by molar-refractivity contribution is -0.113. The van der Waals surface area contributed by atoms with Crippen LogP contribution in [0.2, 0.25) is 5.02 Å². The minimum Gasteiger partial charge on any atom is -0.325 e. The van der Waals surface area contributed by atoms with Gasteiger partial charge in [0.05, 0.1) is 5.75 Å². The first-order valence-electron chi connectivity index (χ1n) is 6.33. The van der Waals surface area contributed by atoms with Gasteiger partial charge < -0.3 is 9.88 Å². The van der Waals surface area contributed by atoms with Gasteiger partial charge in [0.15, 0.2) is 5.16 Å². The van der Waals surface area contributed by atoms with Crippen molar-refractivity contribution in [3.63, 3.8) is 0 Å². The predicted molar refractivity (Wildman–Crippen MR) is 79.1 cm³/mol. The number of carbonyl (C=O) groups is 1. The lowest BCUT2D eigenvalue weighted by atomic mass is 10.3. The Balaban J connectivity index is 1.55. The second-order valence-electron chi connectivity index (χ2n) is 4.50. The zero-order chi connectivity index (χ0) is 13.9. The molecule has 0 unspecified atom stereocenters. The number of nitrogens with one attached hydrogen (secondary N) is 1. The number of carbonyl (C=O) groups excluding carboxylic acids is 1. The fourth-order valence-electron chi connectivity index (χ4n) is 2.09. The molecule has 1 aliphatic heterocycles. The number of halogens is 1. The third-order valence-electron chi connectivity index (χ3n) is 3.04. The molecule has 3 rings (SSSR count). The molecule has 7 heteroatoms. The molecule has 0 radical (unpaired) electrons. The van der Waals surface area contributed by atoms with Gasteiger partial charge in [-0.25, -0.2) is 0 Å². The monoisotopic (exact) mass is 308 g/mol. The fourth-order valence-corrected chi connectivity index (χ4v) is 3.00. The van der Waals surface area contributed by atoms with E-state index in [9.17, 15) is 4.79 Å². The Morgan fingerprint density at radius 3 is 2.95 bits per heavy atom. The van der Waals surface area contributed by atoms with E-state index in [0.717, 1.165) is 36.1 Å². The van der Waals surface area contributed by atoms with E-state index in [1.807, 2.05) is 0 Å². The normalized spacial score (nSPS) is 13.2. The summed E-state index contributed by atoms with van der Waals surface area (Å²) in [4.78, 5) is 11.9. The van der Waals surface area contributed by atoms with Gasteiger partial charge in [-0.1, -0.05) is 23.4 Å². The van der Waals surface area contributed by atoms with E-state index in [4.69, 9.17) is 11.6 Å². The molecule has 0 aliphatic carbocycles. The minimum absolute atomic E-state index is 0.0623. The van der Waals surface area contributed by atoms with E-state index in [-0.39, 0.29) is 5.91 Å². The van der Waals surface area contributed by atoms with Crippen molar-refractivity contribution in [3.05, 3.63) is 35.1 Å². The summed E-state index contributed by atoms with van der Waals surface area (Å²) in [5.41, 5.74) is 0.742. The molecule has 104 valence electrons. The Bertz CT molecular complexity index is 626. The molecule has 0 saturated heterocycles. The molecule has 1 amide bonds. The van der Waals surface area contributed by atoms with Crippen LogP contribution in [0.1, 0.15) is 12.2 Å². The van der Waals surface area contributed by atoms with Crippen molar-refractivity contribution < 1.29 is 4.79 Å². The molecule has 0 saturated carbocycles. The maximum atomic E-state index is 11.9. The number of amides is 1. The number of benzene rings is 1. The van der Waals surface area contributed by atoms with Gasteiger partial charge in [-0.15, -0.1) is 10.2 Å². The average Bonchev–Trinajstić information content (AvgIpc) is 3.02. The number of anilines is 1. The van der Waals surface area contributed by atoms with Gasteiger partial charge in [0.25, 0.3) is 0 Å². The Labute approximate surface area is 125 Å². The van der Waals surface area contributed by atoms with Gasteiger partial charge in [-0.2, -0.15) is 0 Å². The van der Waals surface area contributed by atoms with E-state index in [1.165, 1.54) is 11.8 Å². The van der Waals surface area contributed by atoms with E-state index in [0.29, 0.717) is 10.8 Å². The second-order valence-corrected chi connectivity index (χ2v) is 5.88. The maximum absolute atomic E-state index is 11.9. The molecule has 0 bridgehead atoms. The highest BCUT2D eigenvalue weighted by Gasteiger charge is 2.18. The molecular formula is C13H13ClN4OS. The first-order valence-corrected chi connectivity index (χ1v) is 7.69. The molecule has 2 aromatic rings. The summed E-state index contributed by atoms with van der Waals surface area (Å²) in [6.07, 6.45) is 2.08. The molecule has 1 N–H and O–H groups in total. The zero-order valence-corrected chi connectivity index (χ0v) is 12.2. The number of nitrogens with zero attached hydrogens (tertiary/aromatic N) is 3. The maximum Gasteiger partial charge on any atom is 0.234 e. The summed E-state index contributed by atoms with van der Waals surface area (Å²) in [6.45, 7) is 0.948. The number of rotatable bonds is 4. The molecule has 1 aliphatic rings. The van der Waals surface area contributed by atoms with Crippen LogP contribution in [0, 0.1) is 0 Å². The number of aryl methyl sites for hydroxylation is 1. The Morgan fingerprint density at radius 2 is 2.15 bits per heavy atom. The number of hydrogen-bond acceptors (Lipinski definition) is 4. The van der Waals surface area contributed by atoms with Gasteiger partial charge in [-0.3, -0.25) is 4.79 Å². The third-order valence-corrected chi connectivity index (χ3v) is 4.25. The predicted octanol–water partition coefficient (Wildman–Crippen LogP) is 2.61. The summed E-state index contributed by atoms with van der Waals surface area (Å²) >= 11 is 7.21. The van der Waals surface area contributed by atoms with Crippen molar-refractivity contribution in [2.45, 2.75) is 24.5 Å². The van der Waals surface area contributed by atoms with Gasteiger partial charge in [0, 0.05) is 23.7 Å². The zero-order valence-electron chi connectivity index (χ0n) is 10.7. The van der Waals surface area contributed by atoms with E-state index in [1.54, 1.807) is 24.3 Å². The topological polar surface area (TPSA) is 59.8 Å². The van der Waals surface area contributed by atoms with E-state index in [2.05, 4.69) is 20.1 Å². The Kier molecular flexibility index (Phi) is 3.93. The molecular weight excluding hydrogens is 296 g/mol. The molecule has 1 aromatic heterocycles. The van der Waals surface area contributed by atoms with Crippen LogP contribution in [0.25, 0.3) is 0 Å². The summed E-state index contributed by atoms with van der Waals surface area (Å²) in [6, 6.07) is 7.05. The first-order chi connectivity index (χ1) is 9.72. The average molecular weight is 309 g/mol. The van der Waals surface area contributed by atoms with Crippen molar-refractivity contribution in [3.8, 4) is 0 Å². The van der Waals surface area contributed by atoms with Crippen LogP contribution in [0.5, 0.6) is 0 Å². The van der Waals surface area contributed by atoms with E-state index >= 15 is 0 Å². The lowest BCUT2D eigenvalue weighted by Gasteiger charge is -2.05. The van der Waals surface area contributed by atoms with Gasteiger partial charge >= 0.3 is 0 Å². The van der Waals surface area contributed by atoms with Crippen molar-refractivity contribution in [1.29, 1.82) is 0 Å². The van der Waals surface area contributed by atoms with Crippen LogP contribution in [-0.2, 0) is 17.8 Å². The van der Waals surface area contributed by atoms with Crippen LogP contribution in [0.3, 0.4) is 0 Å². The molecule has 5 nitrogen and oxygen atoms in total. The van der Waals surface area contributed by atoms with Crippen LogP contribution in [0.4, 0.5) is 5.69 Å². The van der Waals surface area contributed by atoms with Crippen LogP contribution < -0.4 is 5.32 Å². The van der Waals surface area contributed by atoms with E-state index < -0.39 is 0 Å². The first kappa shape index (κ1) is 13.5. The highest BCUT2D eigenvalue weighted by molar-refractivity contribution is 7.99. The number of fused-ring (bicyclic) bond motifs is 1. The SMILES string of the molecule is O=C(CSc1nnc2n1CCC2)Nc1ccc(Cl)cc1. The highest BCUT2D eigenvalue weighted by Crippen LogP contribution is 2.22. The quantitative estimate of drug-likeness (QED) is 0.882. The number of aromatic nitrogens is 3. The van der Waals surface area contributed by atoms with Crippen molar-refractivity contribution in [1.82, 2.24) is 14.8 Å². The van der Waals surface area contributed by atoms with Gasteiger partial charge in [-0.05, 0) is 30.7 Å². The summed E-state index contributed by atoms with van der Waals surface area (Å²) in [5.74, 6) is 1.28. The largest absolute Gasteiger partial charge is 0.325 e. The summed E-state index contributed by atoms with van der Waals surface area (Å²) in [7, 11) is 0. The Morgan fingerprint density at radius 1 is 1.35 bits per heavy atom. The molecule has 2 heterocycles. The molecule has 0 fully saturated rings. The molecule has 20 heavy (non-hydrogen) atoms. The smallest absolute Gasteiger partial charge is 0.234 e. The molecule has 0 spiro atoms. The minimum atomic E-state index is -0.0623. The fraction of sp³-hybridized carbons (Fsp3) is 0.308. The summed E-state index contributed by atoms with van der Waals surface area (Å²) < 4.78 is 2.08. The highest BCUT2D eigenvalue weighted by atomic mass is 35.5. The number of hydrogen-bond donors (Lipinski definition) is 1. The van der Waals surface area contributed by atoms with Crippen molar-refractivity contribution in [2.24, 2.45) is 0 Å². The van der Waals surface area contributed by atoms with Crippen molar-refractivity contribution in [2.75, 3.05) is 11.1 Å². The Hall–Kier alpha value is -1.53. The van der Waals surface area contributed by atoms with Crippen LogP contribution >= 0.6 is 23.4 Å². The van der Waals surface area contributed by atoms with Crippen molar-refractivity contribution >= 4 is 35.0 Å². The lowest BCUT2D eigenvalue weighted by Crippen LogP contribution is -2.14.